The van der Waals surface area contributed by atoms with Crippen molar-refractivity contribution in [2.24, 2.45) is 0 Å². The summed E-state index contributed by atoms with van der Waals surface area (Å²) in [4.78, 5) is 13.8. The Morgan fingerprint density at radius 2 is 2.19 bits per heavy atom. The average molecular weight is 319 g/mol. The van der Waals surface area contributed by atoms with Crippen molar-refractivity contribution in [2.75, 3.05) is 30.1 Å². The molecule has 0 aliphatic carbocycles. The fourth-order valence-corrected chi connectivity index (χ4v) is 3.01. The van der Waals surface area contributed by atoms with Gasteiger partial charge in [-0.05, 0) is 12.1 Å². The van der Waals surface area contributed by atoms with Gasteiger partial charge in [0.25, 0.3) is 0 Å². The van der Waals surface area contributed by atoms with E-state index < -0.39 is 0 Å². The molecule has 0 radical (unpaired) electrons. The van der Waals surface area contributed by atoms with Crippen molar-refractivity contribution in [2.45, 2.75) is 4.34 Å². The van der Waals surface area contributed by atoms with Crippen LogP contribution in [0, 0.1) is 11.3 Å². The zero-order chi connectivity index (χ0) is 15.2. The van der Waals surface area contributed by atoms with Crippen LogP contribution < -0.4 is 10.2 Å². The molecule has 0 saturated heterocycles. The minimum Gasteiger partial charge on any atom is -0.353 e. The lowest BCUT2D eigenvalue weighted by molar-refractivity contribution is -0.113. The lowest BCUT2D eigenvalue weighted by Gasteiger charge is -2.05. The number of amides is 1. The monoisotopic (exact) mass is 319 g/mol. The van der Waals surface area contributed by atoms with E-state index in [0.29, 0.717) is 11.3 Å². The predicted molar refractivity (Wildman–Crippen MR) is 84.7 cm³/mol. The molecule has 1 aromatic heterocycles. The number of carbonyl (C=O) groups is 1. The Morgan fingerprint density at radius 3 is 2.86 bits per heavy atom. The van der Waals surface area contributed by atoms with Crippen LogP contribution in [0.3, 0.4) is 0 Å². The van der Waals surface area contributed by atoms with E-state index in [-0.39, 0.29) is 11.7 Å². The van der Waals surface area contributed by atoms with E-state index in [4.69, 9.17) is 5.26 Å². The van der Waals surface area contributed by atoms with Gasteiger partial charge in [0.05, 0.1) is 17.0 Å². The van der Waals surface area contributed by atoms with Gasteiger partial charge in [-0.15, -0.1) is 10.2 Å². The molecule has 8 heteroatoms. The molecule has 2 aromatic rings. The van der Waals surface area contributed by atoms with Crippen LogP contribution in [0.4, 0.5) is 10.8 Å². The lowest BCUT2D eigenvalue weighted by Crippen LogP contribution is -2.14. The molecule has 2 rings (SSSR count). The number of thioether (sulfide) groups is 1. The maximum absolute atomic E-state index is 11.9. The minimum absolute atomic E-state index is 0.177. The standard InChI is InChI=1S/C13H13N5OS2/c1-18(2)12-16-17-13(21-12)20-8-11(19)15-10-6-4-3-5-9(10)7-14/h3-6H,8H2,1-2H3,(H,15,19). The molecule has 0 fully saturated rings. The maximum atomic E-state index is 11.9. The lowest BCUT2D eigenvalue weighted by atomic mass is 10.2. The Balaban J connectivity index is 1.91. The molecule has 0 aliphatic rings. The van der Waals surface area contributed by atoms with Crippen LogP contribution >= 0.6 is 23.1 Å². The Morgan fingerprint density at radius 1 is 1.43 bits per heavy atom. The molecule has 108 valence electrons. The van der Waals surface area contributed by atoms with Gasteiger partial charge in [0.2, 0.25) is 11.0 Å². The fourth-order valence-electron chi connectivity index (χ4n) is 1.44. The number of aromatic nitrogens is 2. The van der Waals surface area contributed by atoms with Gasteiger partial charge in [-0.1, -0.05) is 35.2 Å². The molecule has 0 spiro atoms. The SMILES string of the molecule is CN(C)c1nnc(SCC(=O)Nc2ccccc2C#N)s1. The molecule has 0 bridgehead atoms. The van der Waals surface area contributed by atoms with Gasteiger partial charge >= 0.3 is 0 Å². The molecular weight excluding hydrogens is 306 g/mol. The molecule has 21 heavy (non-hydrogen) atoms. The summed E-state index contributed by atoms with van der Waals surface area (Å²) >= 11 is 2.75. The highest BCUT2D eigenvalue weighted by molar-refractivity contribution is 8.01. The predicted octanol–water partition coefficient (Wildman–Crippen LogP) is 2.21. The number of nitrogens with zero attached hydrogens (tertiary/aromatic N) is 4. The molecular formula is C13H13N5OS2. The van der Waals surface area contributed by atoms with Crippen molar-refractivity contribution in [3.05, 3.63) is 29.8 Å². The second-order valence-electron chi connectivity index (χ2n) is 4.24. The van der Waals surface area contributed by atoms with Crippen molar-refractivity contribution in [3.63, 3.8) is 0 Å². The number of nitriles is 1. The van der Waals surface area contributed by atoms with Crippen molar-refractivity contribution >= 4 is 39.8 Å². The molecule has 1 heterocycles. The van der Waals surface area contributed by atoms with Crippen molar-refractivity contribution < 1.29 is 4.79 Å². The highest BCUT2D eigenvalue weighted by Crippen LogP contribution is 2.26. The topological polar surface area (TPSA) is 81.9 Å². The van der Waals surface area contributed by atoms with Crippen LogP contribution in [0.25, 0.3) is 0 Å². The summed E-state index contributed by atoms with van der Waals surface area (Å²) in [5.74, 6) is 0.0475. The normalized spacial score (nSPS) is 9.95. The second kappa shape index (κ2) is 7.06. The first-order valence-corrected chi connectivity index (χ1v) is 7.83. The summed E-state index contributed by atoms with van der Waals surface area (Å²) in [6.07, 6.45) is 0. The number of carbonyl (C=O) groups excluding carboxylic acids is 1. The second-order valence-corrected chi connectivity index (χ2v) is 6.42. The number of benzene rings is 1. The molecule has 0 saturated carbocycles. The Kier molecular flexibility index (Phi) is 5.14. The summed E-state index contributed by atoms with van der Waals surface area (Å²) < 4.78 is 0.738. The summed E-state index contributed by atoms with van der Waals surface area (Å²) in [6.45, 7) is 0. The maximum Gasteiger partial charge on any atom is 0.234 e. The average Bonchev–Trinajstić information content (AvgIpc) is 2.95. The summed E-state index contributed by atoms with van der Waals surface area (Å²) in [7, 11) is 3.78. The first kappa shape index (κ1) is 15.3. The van der Waals surface area contributed by atoms with E-state index in [2.05, 4.69) is 15.5 Å². The largest absolute Gasteiger partial charge is 0.353 e. The van der Waals surface area contributed by atoms with E-state index in [9.17, 15) is 4.79 Å². The first-order chi connectivity index (χ1) is 10.1. The highest BCUT2D eigenvalue weighted by Gasteiger charge is 2.10. The van der Waals surface area contributed by atoms with Gasteiger partial charge in [0, 0.05) is 14.1 Å². The van der Waals surface area contributed by atoms with Crippen LogP contribution in [-0.4, -0.2) is 36.0 Å². The Labute approximate surface area is 130 Å². The molecule has 1 N–H and O–H groups in total. The van der Waals surface area contributed by atoms with Crippen LogP contribution in [-0.2, 0) is 4.79 Å². The van der Waals surface area contributed by atoms with Crippen molar-refractivity contribution in [1.29, 1.82) is 5.26 Å². The van der Waals surface area contributed by atoms with Gasteiger partial charge in [-0.2, -0.15) is 5.26 Å². The van der Waals surface area contributed by atoms with Crippen LogP contribution in [0.5, 0.6) is 0 Å². The molecule has 0 atom stereocenters. The zero-order valence-electron chi connectivity index (χ0n) is 11.5. The van der Waals surface area contributed by atoms with Gasteiger partial charge in [-0.25, -0.2) is 0 Å². The number of rotatable bonds is 5. The summed E-state index contributed by atoms with van der Waals surface area (Å²) in [6, 6.07) is 8.94. The van der Waals surface area contributed by atoms with E-state index >= 15 is 0 Å². The molecule has 1 aromatic carbocycles. The quantitative estimate of drug-likeness (QED) is 0.851. The van der Waals surface area contributed by atoms with Crippen LogP contribution in [0.2, 0.25) is 0 Å². The Hall–Kier alpha value is -2.11. The van der Waals surface area contributed by atoms with Crippen molar-refractivity contribution in [1.82, 2.24) is 10.2 Å². The van der Waals surface area contributed by atoms with E-state index in [0.717, 1.165) is 9.47 Å². The van der Waals surface area contributed by atoms with Crippen LogP contribution in [0.15, 0.2) is 28.6 Å². The first-order valence-electron chi connectivity index (χ1n) is 6.02. The van der Waals surface area contributed by atoms with E-state index in [1.807, 2.05) is 25.1 Å². The third-order valence-electron chi connectivity index (χ3n) is 2.43. The highest BCUT2D eigenvalue weighted by atomic mass is 32.2. The summed E-state index contributed by atoms with van der Waals surface area (Å²) in [5.41, 5.74) is 0.971. The zero-order valence-corrected chi connectivity index (χ0v) is 13.2. The molecule has 0 unspecified atom stereocenters. The minimum atomic E-state index is -0.177. The van der Waals surface area contributed by atoms with E-state index in [1.165, 1.54) is 23.1 Å². The number of para-hydroxylation sites is 1. The molecule has 6 nitrogen and oxygen atoms in total. The van der Waals surface area contributed by atoms with E-state index in [1.54, 1.807) is 24.3 Å². The number of hydrogen-bond donors (Lipinski definition) is 1. The number of hydrogen-bond acceptors (Lipinski definition) is 7. The van der Waals surface area contributed by atoms with Gasteiger partial charge in [-0.3, -0.25) is 4.79 Å². The van der Waals surface area contributed by atoms with Crippen molar-refractivity contribution in [3.8, 4) is 6.07 Å². The summed E-state index contributed by atoms with van der Waals surface area (Å²) in [5, 5.41) is 20.5. The molecule has 1 amide bonds. The Bertz CT molecular complexity index is 677. The third-order valence-corrected chi connectivity index (χ3v) is 4.65. The van der Waals surface area contributed by atoms with Gasteiger partial charge < -0.3 is 10.2 Å². The fraction of sp³-hybridized carbons (Fsp3) is 0.231. The number of nitrogens with one attached hydrogen (secondary N) is 1. The molecule has 0 aliphatic heterocycles. The van der Waals surface area contributed by atoms with Gasteiger partial charge in [0.1, 0.15) is 6.07 Å². The van der Waals surface area contributed by atoms with Crippen LogP contribution in [0.1, 0.15) is 5.56 Å². The third kappa shape index (κ3) is 4.18. The number of anilines is 2. The van der Waals surface area contributed by atoms with Gasteiger partial charge in [0.15, 0.2) is 4.34 Å². The smallest absolute Gasteiger partial charge is 0.234 e.